The predicted molar refractivity (Wildman–Crippen MR) is 55.3 cm³/mol. The van der Waals surface area contributed by atoms with Gasteiger partial charge in [0.2, 0.25) is 0 Å². The molecule has 1 aromatic rings. The molecule has 8 heteroatoms. The highest BCUT2D eigenvalue weighted by molar-refractivity contribution is 5.28. The lowest BCUT2D eigenvalue weighted by Crippen LogP contribution is -2.35. The Morgan fingerprint density at radius 3 is 2.59 bits per heavy atom. The first-order valence-corrected chi connectivity index (χ1v) is 5.06. The summed E-state index contributed by atoms with van der Waals surface area (Å²) in [5, 5.41) is 40.6. The van der Waals surface area contributed by atoms with Crippen LogP contribution < -0.4 is 11.0 Å². The molecular formula is C9H13N3O5. The molecule has 0 amide bonds. The molecule has 1 fully saturated rings. The zero-order valence-corrected chi connectivity index (χ0v) is 8.74. The molecule has 6 N–H and O–H groups in total. The largest absolute Gasteiger partial charge is 0.494 e. The molecule has 0 aromatic carbocycles. The van der Waals surface area contributed by atoms with Crippen LogP contribution in [0.3, 0.4) is 0 Å². The first-order chi connectivity index (χ1) is 8.04. The summed E-state index contributed by atoms with van der Waals surface area (Å²) in [4.78, 5) is 16.3. The molecule has 0 radical (unpaired) electrons. The van der Waals surface area contributed by atoms with Crippen LogP contribution in [0.25, 0.3) is 0 Å². The molecule has 2 rings (SSSR count). The molecule has 0 spiro atoms. The van der Waals surface area contributed by atoms with E-state index in [4.69, 9.17) is 5.11 Å². The quantitative estimate of drug-likeness (QED) is 0.330. The van der Waals surface area contributed by atoms with E-state index in [1.54, 1.807) is 0 Å². The number of aliphatic hydroxyl groups is 3. The van der Waals surface area contributed by atoms with Crippen molar-refractivity contribution in [2.45, 2.75) is 24.3 Å². The number of aliphatic hydroxyl groups excluding tert-OH is 3. The van der Waals surface area contributed by atoms with Gasteiger partial charge >= 0.3 is 5.69 Å². The van der Waals surface area contributed by atoms with Gasteiger partial charge in [0.05, 0.1) is 30.4 Å². The molecule has 0 aliphatic carbocycles. The van der Waals surface area contributed by atoms with Crippen molar-refractivity contribution in [3.63, 3.8) is 0 Å². The minimum atomic E-state index is -1.20. The first-order valence-electron chi connectivity index (χ1n) is 5.06. The van der Waals surface area contributed by atoms with Gasteiger partial charge < -0.3 is 20.4 Å². The third-order valence-corrected chi connectivity index (χ3v) is 2.85. The zero-order chi connectivity index (χ0) is 12.6. The van der Waals surface area contributed by atoms with Crippen LogP contribution in [0.15, 0.2) is 11.0 Å². The second kappa shape index (κ2) is 4.41. The van der Waals surface area contributed by atoms with Crippen molar-refractivity contribution in [3.8, 4) is 5.88 Å². The summed E-state index contributed by atoms with van der Waals surface area (Å²) in [6, 6.07) is -1.49. The Balaban J connectivity index is 2.32. The lowest BCUT2D eigenvalue weighted by Gasteiger charge is -2.16. The SMILES string of the molecule is O=c1ncc([C@@H]2N[C@H](CO)[C@@H](O)[C@H]2O)c(O)[nH]1. The van der Waals surface area contributed by atoms with Crippen LogP contribution in [0.4, 0.5) is 0 Å². The third-order valence-electron chi connectivity index (χ3n) is 2.85. The Hall–Kier alpha value is -1.48. The normalized spacial score (nSPS) is 32.9. The van der Waals surface area contributed by atoms with Crippen molar-refractivity contribution in [3.05, 3.63) is 22.2 Å². The Morgan fingerprint density at radius 1 is 1.35 bits per heavy atom. The first kappa shape index (κ1) is 12.0. The maximum atomic E-state index is 10.8. The molecule has 0 bridgehead atoms. The number of hydrogen-bond donors (Lipinski definition) is 6. The minimum Gasteiger partial charge on any atom is -0.494 e. The van der Waals surface area contributed by atoms with Gasteiger partial charge in [-0.1, -0.05) is 0 Å². The fourth-order valence-electron chi connectivity index (χ4n) is 1.92. The van der Waals surface area contributed by atoms with Gasteiger partial charge in [-0.05, 0) is 0 Å². The molecule has 0 unspecified atom stereocenters. The van der Waals surface area contributed by atoms with Crippen LogP contribution >= 0.6 is 0 Å². The standard InChI is InChI=1S/C9H13N3O5/c13-2-4-6(14)7(15)5(11-4)3-1-10-9(17)12-8(3)16/h1,4-7,11,13-15H,2H2,(H2,10,12,16,17)/t4-,5+,6-,7+/m1/s1. The molecule has 1 aromatic heterocycles. The molecule has 1 aliphatic rings. The minimum absolute atomic E-state index is 0.159. The van der Waals surface area contributed by atoms with Crippen molar-refractivity contribution < 1.29 is 20.4 Å². The van der Waals surface area contributed by atoms with E-state index in [1.807, 2.05) is 0 Å². The Morgan fingerprint density at radius 2 is 2.06 bits per heavy atom. The summed E-state index contributed by atoms with van der Waals surface area (Å²) in [6.07, 6.45) is -1.25. The lowest BCUT2D eigenvalue weighted by atomic mass is 10.0. The van der Waals surface area contributed by atoms with Crippen LogP contribution in [0.1, 0.15) is 11.6 Å². The van der Waals surface area contributed by atoms with Gasteiger partial charge in [0.15, 0.2) is 5.88 Å². The fourth-order valence-corrected chi connectivity index (χ4v) is 1.92. The lowest BCUT2D eigenvalue weighted by molar-refractivity contribution is 0.0191. The number of H-pyrrole nitrogens is 1. The third kappa shape index (κ3) is 2.03. The van der Waals surface area contributed by atoms with Crippen molar-refractivity contribution in [1.82, 2.24) is 15.3 Å². The maximum absolute atomic E-state index is 10.8. The fraction of sp³-hybridized carbons (Fsp3) is 0.556. The van der Waals surface area contributed by atoms with Gasteiger partial charge in [-0.25, -0.2) is 9.78 Å². The van der Waals surface area contributed by atoms with Crippen LogP contribution in [-0.2, 0) is 0 Å². The van der Waals surface area contributed by atoms with E-state index in [0.29, 0.717) is 0 Å². The number of rotatable bonds is 2. The number of hydrogen-bond acceptors (Lipinski definition) is 7. The highest BCUT2D eigenvalue weighted by Crippen LogP contribution is 2.30. The van der Waals surface area contributed by atoms with E-state index in [1.165, 1.54) is 0 Å². The molecule has 0 saturated carbocycles. The summed E-state index contributed by atoms with van der Waals surface area (Å²) in [5.74, 6) is -0.424. The number of nitrogens with one attached hydrogen (secondary N) is 2. The van der Waals surface area contributed by atoms with Crippen LogP contribution in [0.2, 0.25) is 0 Å². The maximum Gasteiger partial charge on any atom is 0.347 e. The second-order valence-electron chi connectivity index (χ2n) is 3.91. The topological polar surface area (TPSA) is 139 Å². The van der Waals surface area contributed by atoms with Crippen molar-refractivity contribution >= 4 is 0 Å². The van der Waals surface area contributed by atoms with Crippen molar-refractivity contribution in [1.29, 1.82) is 0 Å². The van der Waals surface area contributed by atoms with Crippen LogP contribution in [0, 0.1) is 0 Å². The van der Waals surface area contributed by atoms with E-state index in [2.05, 4.69) is 15.3 Å². The number of nitrogens with zero attached hydrogens (tertiary/aromatic N) is 1. The summed E-state index contributed by atoms with van der Waals surface area (Å²) in [6.45, 7) is -0.355. The van der Waals surface area contributed by atoms with Gasteiger partial charge in [0.1, 0.15) is 6.10 Å². The summed E-state index contributed by atoms with van der Waals surface area (Å²) >= 11 is 0. The van der Waals surface area contributed by atoms with E-state index in [0.717, 1.165) is 6.20 Å². The van der Waals surface area contributed by atoms with E-state index in [9.17, 15) is 20.1 Å². The molecule has 1 aliphatic heterocycles. The number of aromatic nitrogens is 2. The van der Waals surface area contributed by atoms with Gasteiger partial charge in [-0.2, -0.15) is 0 Å². The Bertz CT molecular complexity index is 462. The average Bonchev–Trinajstić information content (AvgIpc) is 2.57. The van der Waals surface area contributed by atoms with Gasteiger partial charge in [-0.3, -0.25) is 10.3 Å². The van der Waals surface area contributed by atoms with Gasteiger partial charge in [0, 0.05) is 6.20 Å². The van der Waals surface area contributed by atoms with Gasteiger partial charge in [0.25, 0.3) is 0 Å². The molecule has 17 heavy (non-hydrogen) atoms. The molecular weight excluding hydrogens is 230 g/mol. The summed E-state index contributed by atoms with van der Waals surface area (Å²) < 4.78 is 0. The Kier molecular flexibility index (Phi) is 3.11. The van der Waals surface area contributed by atoms with E-state index in [-0.39, 0.29) is 12.2 Å². The number of aromatic hydroxyl groups is 1. The molecule has 4 atom stereocenters. The van der Waals surface area contributed by atoms with Crippen molar-refractivity contribution in [2.75, 3.05) is 6.61 Å². The second-order valence-corrected chi connectivity index (χ2v) is 3.91. The van der Waals surface area contributed by atoms with Gasteiger partial charge in [-0.15, -0.1) is 0 Å². The Labute approximate surface area is 95.6 Å². The monoisotopic (exact) mass is 243 g/mol. The highest BCUT2D eigenvalue weighted by Gasteiger charge is 2.42. The summed E-state index contributed by atoms with van der Waals surface area (Å²) in [7, 11) is 0. The van der Waals surface area contributed by atoms with Crippen molar-refractivity contribution in [2.24, 2.45) is 0 Å². The molecule has 94 valence electrons. The smallest absolute Gasteiger partial charge is 0.347 e. The number of aromatic amines is 1. The van der Waals surface area contributed by atoms with Crippen LogP contribution in [-0.4, -0.2) is 55.3 Å². The van der Waals surface area contributed by atoms with E-state index < -0.39 is 35.9 Å². The summed E-state index contributed by atoms with van der Waals surface area (Å²) in [5.41, 5.74) is -0.551. The predicted octanol–water partition coefficient (Wildman–Crippen LogP) is -2.80. The molecule has 8 nitrogen and oxygen atoms in total. The van der Waals surface area contributed by atoms with E-state index >= 15 is 0 Å². The molecule has 2 heterocycles. The average molecular weight is 243 g/mol. The molecule has 1 saturated heterocycles. The zero-order valence-electron chi connectivity index (χ0n) is 8.74. The highest BCUT2D eigenvalue weighted by atomic mass is 16.3. The van der Waals surface area contributed by atoms with Crippen LogP contribution in [0.5, 0.6) is 5.88 Å².